The summed E-state index contributed by atoms with van der Waals surface area (Å²) in [5.74, 6) is 0. The average molecular weight is 257 g/mol. The molecule has 0 radical (unpaired) electrons. The molecule has 0 N–H and O–H groups in total. The van der Waals surface area contributed by atoms with Gasteiger partial charge in [0.25, 0.3) is 5.69 Å². The van der Waals surface area contributed by atoms with Crippen LogP contribution in [0.15, 0.2) is 30.5 Å². The maximum absolute atomic E-state index is 11.1. The summed E-state index contributed by atoms with van der Waals surface area (Å²) in [5.41, 5.74) is 1.63. The number of pyridine rings is 1. The SMILES string of the molecule is O=[N+]([O-])c1ccc(N2CCCCC2)c2cccnc12. The number of benzene rings is 1. The molecular weight excluding hydrogens is 242 g/mol. The molecule has 0 aliphatic carbocycles. The Hall–Kier alpha value is -2.17. The number of rotatable bonds is 2. The maximum Gasteiger partial charge on any atom is 0.295 e. The van der Waals surface area contributed by atoms with Gasteiger partial charge < -0.3 is 4.90 Å². The van der Waals surface area contributed by atoms with E-state index >= 15 is 0 Å². The first-order valence-electron chi connectivity index (χ1n) is 6.54. The molecule has 19 heavy (non-hydrogen) atoms. The van der Waals surface area contributed by atoms with E-state index in [1.807, 2.05) is 18.2 Å². The van der Waals surface area contributed by atoms with Gasteiger partial charge in [-0.1, -0.05) is 0 Å². The van der Waals surface area contributed by atoms with Crippen LogP contribution in [0.25, 0.3) is 10.9 Å². The van der Waals surface area contributed by atoms with Crippen LogP contribution in [0.5, 0.6) is 0 Å². The van der Waals surface area contributed by atoms with Crippen LogP contribution in [0, 0.1) is 10.1 Å². The van der Waals surface area contributed by atoms with Crippen molar-refractivity contribution in [3.63, 3.8) is 0 Å². The van der Waals surface area contributed by atoms with Gasteiger partial charge in [0.15, 0.2) is 0 Å². The van der Waals surface area contributed by atoms with Crippen molar-refractivity contribution in [3.8, 4) is 0 Å². The zero-order chi connectivity index (χ0) is 13.2. The van der Waals surface area contributed by atoms with Crippen LogP contribution < -0.4 is 4.90 Å². The molecule has 1 aliphatic rings. The molecule has 0 bridgehead atoms. The number of piperidine rings is 1. The van der Waals surface area contributed by atoms with Gasteiger partial charge in [0.05, 0.1) is 4.92 Å². The molecule has 2 heterocycles. The summed E-state index contributed by atoms with van der Waals surface area (Å²) in [5, 5.41) is 11.9. The number of nitro benzene ring substituents is 1. The van der Waals surface area contributed by atoms with Crippen molar-refractivity contribution in [2.45, 2.75) is 19.3 Å². The van der Waals surface area contributed by atoms with Crippen LogP contribution in [0.2, 0.25) is 0 Å². The second kappa shape index (κ2) is 4.84. The lowest BCUT2D eigenvalue weighted by Gasteiger charge is -2.29. The minimum absolute atomic E-state index is 0.0800. The predicted molar refractivity (Wildman–Crippen MR) is 74.5 cm³/mol. The van der Waals surface area contributed by atoms with Crippen LogP contribution in [0.3, 0.4) is 0 Å². The van der Waals surface area contributed by atoms with E-state index in [4.69, 9.17) is 0 Å². The Morgan fingerprint density at radius 2 is 1.95 bits per heavy atom. The first-order chi connectivity index (χ1) is 9.27. The minimum Gasteiger partial charge on any atom is -0.371 e. The number of nitro groups is 1. The summed E-state index contributed by atoms with van der Waals surface area (Å²) >= 11 is 0. The normalized spacial score (nSPS) is 15.7. The highest BCUT2D eigenvalue weighted by molar-refractivity contribution is 5.97. The van der Waals surface area contributed by atoms with Gasteiger partial charge in [-0.15, -0.1) is 0 Å². The van der Waals surface area contributed by atoms with Crippen molar-refractivity contribution in [2.24, 2.45) is 0 Å². The van der Waals surface area contributed by atoms with Crippen LogP contribution >= 0.6 is 0 Å². The van der Waals surface area contributed by atoms with Crippen molar-refractivity contribution in [3.05, 3.63) is 40.6 Å². The standard InChI is InChI=1S/C14H15N3O2/c18-17(19)13-7-6-12(16-9-2-1-3-10-16)11-5-4-8-15-14(11)13/h4-8H,1-3,9-10H2. The lowest BCUT2D eigenvalue weighted by atomic mass is 10.1. The molecule has 98 valence electrons. The Morgan fingerprint density at radius 3 is 2.68 bits per heavy atom. The number of anilines is 1. The van der Waals surface area contributed by atoms with Crippen molar-refractivity contribution >= 4 is 22.3 Å². The molecule has 1 fully saturated rings. The zero-order valence-electron chi connectivity index (χ0n) is 10.6. The van der Waals surface area contributed by atoms with Gasteiger partial charge >= 0.3 is 0 Å². The second-order valence-electron chi connectivity index (χ2n) is 4.81. The van der Waals surface area contributed by atoms with Gasteiger partial charge in [-0.3, -0.25) is 10.1 Å². The van der Waals surface area contributed by atoms with Crippen molar-refractivity contribution in [1.82, 2.24) is 4.98 Å². The third kappa shape index (κ3) is 2.12. The molecule has 0 atom stereocenters. The molecule has 5 nitrogen and oxygen atoms in total. The summed E-state index contributed by atoms with van der Waals surface area (Å²) in [7, 11) is 0. The van der Waals surface area contributed by atoms with Crippen molar-refractivity contribution in [2.75, 3.05) is 18.0 Å². The topological polar surface area (TPSA) is 59.3 Å². The average Bonchev–Trinajstić information content (AvgIpc) is 2.47. The number of hydrogen-bond donors (Lipinski definition) is 0. The monoisotopic (exact) mass is 257 g/mol. The minimum atomic E-state index is -0.366. The molecule has 0 amide bonds. The first kappa shape index (κ1) is 11.9. The van der Waals surface area contributed by atoms with E-state index in [1.165, 1.54) is 19.3 Å². The molecular formula is C14H15N3O2. The van der Waals surface area contributed by atoms with E-state index in [0.29, 0.717) is 5.52 Å². The third-order valence-corrected chi connectivity index (χ3v) is 3.62. The zero-order valence-corrected chi connectivity index (χ0v) is 10.6. The number of aromatic nitrogens is 1. The summed E-state index contributed by atoms with van der Waals surface area (Å²) in [6, 6.07) is 7.17. The molecule has 3 rings (SSSR count). The van der Waals surface area contributed by atoms with E-state index in [9.17, 15) is 10.1 Å². The summed E-state index contributed by atoms with van der Waals surface area (Å²) in [4.78, 5) is 17.2. The Morgan fingerprint density at radius 1 is 1.16 bits per heavy atom. The lowest BCUT2D eigenvalue weighted by molar-refractivity contribution is -0.383. The Bertz CT molecular complexity index is 621. The highest BCUT2D eigenvalue weighted by Crippen LogP contribution is 2.33. The summed E-state index contributed by atoms with van der Waals surface area (Å²) in [6.07, 6.45) is 5.23. The molecule has 5 heteroatoms. The van der Waals surface area contributed by atoms with E-state index < -0.39 is 0 Å². The quantitative estimate of drug-likeness (QED) is 0.612. The molecule has 1 aliphatic heterocycles. The number of hydrogen-bond acceptors (Lipinski definition) is 4. The van der Waals surface area contributed by atoms with E-state index in [-0.39, 0.29) is 10.6 Å². The summed E-state index contributed by atoms with van der Waals surface area (Å²) < 4.78 is 0. The smallest absolute Gasteiger partial charge is 0.295 e. The fraction of sp³-hybridized carbons (Fsp3) is 0.357. The van der Waals surface area contributed by atoms with Gasteiger partial charge in [-0.2, -0.15) is 0 Å². The largest absolute Gasteiger partial charge is 0.371 e. The molecule has 2 aromatic rings. The van der Waals surface area contributed by atoms with Crippen LogP contribution in [0.1, 0.15) is 19.3 Å². The first-order valence-corrected chi connectivity index (χ1v) is 6.54. The molecule has 1 aromatic carbocycles. The highest BCUT2D eigenvalue weighted by Gasteiger charge is 2.19. The predicted octanol–water partition coefficient (Wildman–Crippen LogP) is 3.13. The van der Waals surface area contributed by atoms with E-state index in [1.54, 1.807) is 12.3 Å². The molecule has 1 saturated heterocycles. The number of fused-ring (bicyclic) bond motifs is 1. The highest BCUT2D eigenvalue weighted by atomic mass is 16.6. The Kier molecular flexibility index (Phi) is 3.03. The maximum atomic E-state index is 11.1. The van der Waals surface area contributed by atoms with Gasteiger partial charge in [-0.25, -0.2) is 4.98 Å². The van der Waals surface area contributed by atoms with E-state index in [2.05, 4.69) is 9.88 Å². The Balaban J connectivity index is 2.15. The lowest BCUT2D eigenvalue weighted by Crippen LogP contribution is -2.29. The van der Waals surface area contributed by atoms with Gasteiger partial charge in [0.2, 0.25) is 0 Å². The number of non-ortho nitro benzene ring substituents is 1. The van der Waals surface area contributed by atoms with Crippen molar-refractivity contribution < 1.29 is 4.92 Å². The van der Waals surface area contributed by atoms with Gasteiger partial charge in [0.1, 0.15) is 5.52 Å². The van der Waals surface area contributed by atoms with E-state index in [0.717, 1.165) is 24.2 Å². The van der Waals surface area contributed by atoms with Crippen LogP contribution in [0.4, 0.5) is 11.4 Å². The molecule has 0 unspecified atom stereocenters. The fourth-order valence-electron chi connectivity index (χ4n) is 2.70. The van der Waals surface area contributed by atoms with Gasteiger partial charge in [-0.05, 0) is 37.5 Å². The summed E-state index contributed by atoms with van der Waals surface area (Å²) in [6.45, 7) is 2.03. The van der Waals surface area contributed by atoms with Crippen LogP contribution in [-0.2, 0) is 0 Å². The Labute approximate surface area is 111 Å². The third-order valence-electron chi connectivity index (χ3n) is 3.62. The fourth-order valence-corrected chi connectivity index (χ4v) is 2.70. The van der Waals surface area contributed by atoms with Crippen LogP contribution in [-0.4, -0.2) is 23.0 Å². The van der Waals surface area contributed by atoms with Gasteiger partial charge in [0, 0.05) is 36.4 Å². The number of nitrogens with zero attached hydrogens (tertiary/aromatic N) is 3. The second-order valence-corrected chi connectivity index (χ2v) is 4.81. The molecule has 0 saturated carbocycles. The molecule has 1 aromatic heterocycles. The van der Waals surface area contributed by atoms with Crippen molar-refractivity contribution in [1.29, 1.82) is 0 Å². The molecule has 0 spiro atoms.